The van der Waals surface area contributed by atoms with Crippen molar-refractivity contribution in [3.8, 4) is 5.69 Å². The molecule has 3 rings (SSSR count). The van der Waals surface area contributed by atoms with Crippen LogP contribution in [0.3, 0.4) is 0 Å². The van der Waals surface area contributed by atoms with Gasteiger partial charge in [-0.3, -0.25) is 10.1 Å². The lowest BCUT2D eigenvalue weighted by molar-refractivity contribution is -0.385. The highest BCUT2D eigenvalue weighted by molar-refractivity contribution is 5.50. The minimum absolute atomic E-state index is 0.112. The molecule has 0 aliphatic heterocycles. The number of rotatable bonds is 5. The van der Waals surface area contributed by atoms with Crippen molar-refractivity contribution in [3.05, 3.63) is 81.9 Å². The summed E-state index contributed by atoms with van der Waals surface area (Å²) in [6.07, 6.45) is 3.25. The molecule has 0 aliphatic rings. The Labute approximate surface area is 141 Å². The fourth-order valence-corrected chi connectivity index (χ4v) is 2.45. The van der Waals surface area contributed by atoms with E-state index >= 15 is 0 Å². The number of hydrogen-bond acceptors (Lipinski definition) is 4. The number of non-ortho nitro benzene ring substituents is 1. The van der Waals surface area contributed by atoms with E-state index in [-0.39, 0.29) is 17.9 Å². The molecule has 0 radical (unpaired) electrons. The van der Waals surface area contributed by atoms with Gasteiger partial charge in [-0.05, 0) is 30.7 Å². The molecule has 3 aromatic rings. The van der Waals surface area contributed by atoms with E-state index < -0.39 is 16.6 Å². The Bertz CT molecular complexity index is 940. The van der Waals surface area contributed by atoms with Crippen LogP contribution in [-0.2, 0) is 6.54 Å². The van der Waals surface area contributed by atoms with E-state index in [0.717, 1.165) is 6.07 Å². The quantitative estimate of drug-likeness (QED) is 0.561. The van der Waals surface area contributed by atoms with Gasteiger partial charge in [0.2, 0.25) is 0 Å². The molecule has 1 aromatic heterocycles. The van der Waals surface area contributed by atoms with Crippen molar-refractivity contribution in [2.45, 2.75) is 13.5 Å². The van der Waals surface area contributed by atoms with Crippen LogP contribution >= 0.6 is 0 Å². The zero-order valence-corrected chi connectivity index (χ0v) is 13.2. The molecule has 0 aliphatic carbocycles. The number of nitrogens with zero attached hydrogens (tertiary/aromatic N) is 3. The van der Waals surface area contributed by atoms with Crippen LogP contribution in [0.2, 0.25) is 0 Å². The largest absolute Gasteiger partial charge is 0.379 e. The minimum Gasteiger partial charge on any atom is -0.379 e. The molecule has 0 amide bonds. The molecule has 6 nitrogen and oxygen atoms in total. The Hall–Kier alpha value is -3.29. The normalized spacial score (nSPS) is 10.7. The maximum Gasteiger partial charge on any atom is 0.272 e. The van der Waals surface area contributed by atoms with Crippen molar-refractivity contribution in [3.63, 3.8) is 0 Å². The molecule has 2 aromatic carbocycles. The summed E-state index contributed by atoms with van der Waals surface area (Å²) in [7, 11) is 0. The third-order valence-electron chi connectivity index (χ3n) is 3.74. The van der Waals surface area contributed by atoms with E-state index in [9.17, 15) is 18.9 Å². The number of benzene rings is 2. The molecule has 128 valence electrons. The van der Waals surface area contributed by atoms with Gasteiger partial charge in [0.1, 0.15) is 11.6 Å². The van der Waals surface area contributed by atoms with Crippen LogP contribution < -0.4 is 5.32 Å². The van der Waals surface area contributed by atoms with Crippen LogP contribution in [0.1, 0.15) is 11.4 Å². The van der Waals surface area contributed by atoms with E-state index in [0.29, 0.717) is 17.1 Å². The van der Waals surface area contributed by atoms with Crippen LogP contribution in [0.4, 0.5) is 20.2 Å². The van der Waals surface area contributed by atoms with E-state index in [2.05, 4.69) is 10.3 Å². The van der Waals surface area contributed by atoms with Crippen molar-refractivity contribution < 1.29 is 13.7 Å². The number of hydrogen-bond donors (Lipinski definition) is 1. The van der Waals surface area contributed by atoms with Crippen molar-refractivity contribution >= 4 is 11.4 Å². The molecular weight excluding hydrogens is 330 g/mol. The molecular formula is C17H14F2N4O2. The Kier molecular flexibility index (Phi) is 4.42. The molecule has 1 heterocycles. The first-order chi connectivity index (χ1) is 12.0. The number of nitrogens with one attached hydrogen (secondary N) is 1. The monoisotopic (exact) mass is 344 g/mol. The van der Waals surface area contributed by atoms with Crippen LogP contribution in [0, 0.1) is 28.7 Å². The van der Waals surface area contributed by atoms with Crippen LogP contribution in [0.15, 0.2) is 48.8 Å². The Morgan fingerprint density at radius 1 is 1.20 bits per heavy atom. The lowest BCUT2D eigenvalue weighted by atomic mass is 10.2. The molecule has 25 heavy (non-hydrogen) atoms. The van der Waals surface area contributed by atoms with E-state index in [1.165, 1.54) is 18.2 Å². The number of aryl methyl sites for hydroxylation is 1. The number of anilines is 1. The minimum atomic E-state index is -0.736. The van der Waals surface area contributed by atoms with Crippen molar-refractivity contribution in [1.29, 1.82) is 0 Å². The highest BCUT2D eigenvalue weighted by atomic mass is 19.1. The number of nitro benzene ring substituents is 1. The number of nitro groups is 1. The molecule has 0 spiro atoms. The summed E-state index contributed by atoms with van der Waals surface area (Å²) < 4.78 is 29.8. The summed E-state index contributed by atoms with van der Waals surface area (Å²) in [6.45, 7) is 1.95. The van der Waals surface area contributed by atoms with Crippen LogP contribution in [0.25, 0.3) is 5.69 Å². The van der Waals surface area contributed by atoms with Gasteiger partial charge in [-0.2, -0.15) is 0 Å². The second-order valence-corrected chi connectivity index (χ2v) is 5.41. The standard InChI is InChI=1S/C17H14F2N4O2/c1-11-20-6-7-22(11)17-5-2-12(8-15(17)19)10-21-16-4-3-13(23(24)25)9-14(16)18/h2-9,21H,10H2,1H3. The van der Waals surface area contributed by atoms with Gasteiger partial charge in [-0.1, -0.05) is 6.07 Å². The lowest BCUT2D eigenvalue weighted by Gasteiger charge is -2.10. The molecule has 1 N–H and O–H groups in total. The number of halogens is 2. The van der Waals surface area contributed by atoms with Gasteiger partial charge in [0, 0.05) is 25.0 Å². The summed E-state index contributed by atoms with van der Waals surface area (Å²) in [6, 6.07) is 8.02. The summed E-state index contributed by atoms with van der Waals surface area (Å²) in [5, 5.41) is 13.4. The zero-order chi connectivity index (χ0) is 18.0. The Morgan fingerprint density at radius 2 is 2.00 bits per heavy atom. The lowest BCUT2D eigenvalue weighted by Crippen LogP contribution is -2.04. The molecule has 0 fully saturated rings. The average molecular weight is 344 g/mol. The highest BCUT2D eigenvalue weighted by Crippen LogP contribution is 2.22. The summed E-state index contributed by atoms with van der Waals surface area (Å²) in [5.74, 6) is -0.498. The van der Waals surface area contributed by atoms with Gasteiger partial charge >= 0.3 is 0 Å². The molecule has 8 heteroatoms. The third-order valence-corrected chi connectivity index (χ3v) is 3.74. The second-order valence-electron chi connectivity index (χ2n) is 5.41. The summed E-state index contributed by atoms with van der Waals surface area (Å²) in [5.41, 5.74) is 0.770. The Morgan fingerprint density at radius 3 is 2.60 bits per heavy atom. The SMILES string of the molecule is Cc1nccn1-c1ccc(CNc2ccc([N+](=O)[O-])cc2F)cc1F. The number of imidazole rings is 1. The van der Waals surface area contributed by atoms with E-state index in [1.54, 1.807) is 36.0 Å². The number of aromatic nitrogens is 2. The van der Waals surface area contributed by atoms with Crippen molar-refractivity contribution in [2.75, 3.05) is 5.32 Å². The van der Waals surface area contributed by atoms with E-state index in [1.807, 2.05) is 0 Å². The predicted octanol–water partition coefficient (Wildman–Crippen LogP) is 3.98. The molecule has 0 atom stereocenters. The van der Waals surface area contributed by atoms with Gasteiger partial charge < -0.3 is 9.88 Å². The fraction of sp³-hybridized carbons (Fsp3) is 0.118. The van der Waals surface area contributed by atoms with Crippen molar-refractivity contribution in [2.24, 2.45) is 0 Å². The molecule has 0 unspecified atom stereocenters. The Balaban J connectivity index is 1.75. The third kappa shape index (κ3) is 3.47. The predicted molar refractivity (Wildman–Crippen MR) is 88.6 cm³/mol. The first-order valence-corrected chi connectivity index (χ1v) is 7.42. The van der Waals surface area contributed by atoms with Gasteiger partial charge in [0.25, 0.3) is 5.69 Å². The fourth-order valence-electron chi connectivity index (χ4n) is 2.45. The summed E-state index contributed by atoms with van der Waals surface area (Å²) >= 11 is 0. The van der Waals surface area contributed by atoms with Gasteiger partial charge in [0.05, 0.1) is 22.4 Å². The average Bonchev–Trinajstić information content (AvgIpc) is 2.99. The van der Waals surface area contributed by atoms with E-state index in [4.69, 9.17) is 0 Å². The van der Waals surface area contributed by atoms with Gasteiger partial charge in [-0.15, -0.1) is 0 Å². The van der Waals surface area contributed by atoms with Gasteiger partial charge in [0.15, 0.2) is 5.82 Å². The van der Waals surface area contributed by atoms with Crippen LogP contribution in [-0.4, -0.2) is 14.5 Å². The highest BCUT2D eigenvalue weighted by Gasteiger charge is 2.11. The topological polar surface area (TPSA) is 73.0 Å². The molecule has 0 saturated heterocycles. The van der Waals surface area contributed by atoms with Crippen LogP contribution in [0.5, 0.6) is 0 Å². The zero-order valence-electron chi connectivity index (χ0n) is 13.2. The molecule has 0 bridgehead atoms. The maximum atomic E-state index is 14.3. The first kappa shape index (κ1) is 16.6. The second kappa shape index (κ2) is 6.68. The maximum absolute atomic E-state index is 14.3. The van der Waals surface area contributed by atoms with Crippen molar-refractivity contribution in [1.82, 2.24) is 9.55 Å². The smallest absolute Gasteiger partial charge is 0.272 e. The first-order valence-electron chi connectivity index (χ1n) is 7.42. The van der Waals surface area contributed by atoms with Gasteiger partial charge in [-0.25, -0.2) is 13.8 Å². The molecule has 0 saturated carbocycles. The summed E-state index contributed by atoms with van der Waals surface area (Å²) in [4.78, 5) is 14.0.